The van der Waals surface area contributed by atoms with Crippen LogP contribution in [0.1, 0.15) is 47.6 Å². The molecule has 1 aliphatic carbocycles. The first-order valence-electron chi connectivity index (χ1n) is 8.96. The predicted molar refractivity (Wildman–Crippen MR) is 108 cm³/mol. The van der Waals surface area contributed by atoms with Gasteiger partial charge in [-0.25, -0.2) is 13.4 Å². The second-order valence-corrected chi connectivity index (χ2v) is 9.71. The van der Waals surface area contributed by atoms with Crippen LogP contribution in [0.2, 0.25) is 5.02 Å². The van der Waals surface area contributed by atoms with E-state index in [4.69, 9.17) is 11.6 Å². The number of thiazole rings is 1. The molecule has 146 valence electrons. The minimum Gasteiger partial charge on any atom is -0.298 e. The van der Waals surface area contributed by atoms with Gasteiger partial charge < -0.3 is 0 Å². The Bertz CT molecular complexity index is 929. The van der Waals surface area contributed by atoms with Gasteiger partial charge in [-0.05, 0) is 43.9 Å². The third-order valence-electron chi connectivity index (χ3n) is 4.59. The van der Waals surface area contributed by atoms with Crippen molar-refractivity contribution in [3.63, 3.8) is 0 Å². The van der Waals surface area contributed by atoms with Crippen LogP contribution in [-0.4, -0.2) is 36.7 Å². The molecule has 2 aromatic rings. The number of nitrogens with zero attached hydrogens (tertiary/aromatic N) is 2. The van der Waals surface area contributed by atoms with E-state index < -0.39 is 15.9 Å². The Hall–Kier alpha value is -1.48. The van der Waals surface area contributed by atoms with Crippen LogP contribution in [0, 0.1) is 0 Å². The molecular weight excluding hydrogens is 406 g/mol. The van der Waals surface area contributed by atoms with Crippen molar-refractivity contribution in [3.05, 3.63) is 39.4 Å². The highest BCUT2D eigenvalue weighted by molar-refractivity contribution is 7.89. The lowest BCUT2D eigenvalue weighted by molar-refractivity contribution is 0.102. The average Bonchev–Trinajstić information content (AvgIpc) is 3.04. The van der Waals surface area contributed by atoms with Crippen LogP contribution >= 0.6 is 22.9 Å². The van der Waals surface area contributed by atoms with Gasteiger partial charge in [0.25, 0.3) is 5.91 Å². The first kappa shape index (κ1) is 20.3. The van der Waals surface area contributed by atoms with Gasteiger partial charge in [-0.1, -0.05) is 25.4 Å². The standard InChI is InChI=1S/C18H22ClN3O3S2/c1-3-22(4-2)27(24,25)12-9-10-14(19)13(11-12)17(23)21-18-20-15-7-5-6-8-16(15)26-18/h9-11H,3-8H2,1-2H3,(H,20,21,23). The third-order valence-corrected chi connectivity index (χ3v) is 8.04. The van der Waals surface area contributed by atoms with Crippen LogP contribution in [0.5, 0.6) is 0 Å². The van der Waals surface area contributed by atoms with E-state index in [1.54, 1.807) is 13.8 Å². The van der Waals surface area contributed by atoms with E-state index in [-0.39, 0.29) is 15.5 Å². The van der Waals surface area contributed by atoms with Crippen LogP contribution < -0.4 is 5.32 Å². The zero-order chi connectivity index (χ0) is 19.6. The number of sulfonamides is 1. The molecule has 0 bridgehead atoms. The van der Waals surface area contributed by atoms with Gasteiger partial charge in [0.05, 0.1) is 21.2 Å². The lowest BCUT2D eigenvalue weighted by Gasteiger charge is -2.19. The number of hydrogen-bond donors (Lipinski definition) is 1. The number of amides is 1. The van der Waals surface area contributed by atoms with Crippen molar-refractivity contribution in [2.75, 3.05) is 18.4 Å². The molecule has 1 heterocycles. The fraction of sp³-hybridized carbons (Fsp3) is 0.444. The molecule has 1 N–H and O–H groups in total. The number of halogens is 1. The van der Waals surface area contributed by atoms with E-state index in [0.717, 1.165) is 31.4 Å². The molecular formula is C18H22ClN3O3S2. The molecule has 27 heavy (non-hydrogen) atoms. The average molecular weight is 428 g/mol. The van der Waals surface area contributed by atoms with Crippen LogP contribution in [-0.2, 0) is 22.9 Å². The van der Waals surface area contributed by atoms with Gasteiger partial charge in [0, 0.05) is 18.0 Å². The van der Waals surface area contributed by atoms with Gasteiger partial charge in [0.2, 0.25) is 10.0 Å². The number of benzene rings is 1. The fourth-order valence-corrected chi connectivity index (χ4v) is 5.85. The Morgan fingerprint density at radius 1 is 1.26 bits per heavy atom. The minimum absolute atomic E-state index is 0.0548. The Balaban J connectivity index is 1.87. The van der Waals surface area contributed by atoms with Crippen molar-refractivity contribution in [2.24, 2.45) is 0 Å². The molecule has 1 amide bonds. The number of fused-ring (bicyclic) bond motifs is 1. The monoisotopic (exact) mass is 427 g/mol. The number of anilines is 1. The van der Waals surface area contributed by atoms with Crippen molar-refractivity contribution < 1.29 is 13.2 Å². The van der Waals surface area contributed by atoms with Gasteiger partial charge in [-0.2, -0.15) is 4.31 Å². The van der Waals surface area contributed by atoms with E-state index >= 15 is 0 Å². The molecule has 0 saturated heterocycles. The number of nitrogens with one attached hydrogen (secondary N) is 1. The van der Waals surface area contributed by atoms with Crippen LogP contribution in [0.15, 0.2) is 23.1 Å². The molecule has 0 radical (unpaired) electrons. The maximum Gasteiger partial charge on any atom is 0.259 e. The molecule has 9 heteroatoms. The Kier molecular flexibility index (Phi) is 6.20. The van der Waals surface area contributed by atoms with Gasteiger partial charge in [-0.15, -0.1) is 11.3 Å². The maximum atomic E-state index is 12.7. The van der Waals surface area contributed by atoms with E-state index in [1.165, 1.54) is 38.7 Å². The zero-order valence-corrected chi connectivity index (χ0v) is 17.7. The van der Waals surface area contributed by atoms with Crippen molar-refractivity contribution >= 4 is 44.0 Å². The van der Waals surface area contributed by atoms with Crippen molar-refractivity contribution in [3.8, 4) is 0 Å². The van der Waals surface area contributed by atoms with Crippen LogP contribution in [0.25, 0.3) is 0 Å². The molecule has 0 unspecified atom stereocenters. The van der Waals surface area contributed by atoms with Gasteiger partial charge in [0.15, 0.2) is 5.13 Å². The first-order chi connectivity index (χ1) is 12.9. The predicted octanol–water partition coefficient (Wildman–Crippen LogP) is 3.96. The number of aryl methyl sites for hydroxylation is 2. The highest BCUT2D eigenvalue weighted by atomic mass is 35.5. The summed E-state index contributed by atoms with van der Waals surface area (Å²) in [6, 6.07) is 4.20. The van der Waals surface area contributed by atoms with Gasteiger partial charge >= 0.3 is 0 Å². The largest absolute Gasteiger partial charge is 0.298 e. The topological polar surface area (TPSA) is 79.4 Å². The first-order valence-corrected chi connectivity index (χ1v) is 11.6. The molecule has 0 spiro atoms. The SMILES string of the molecule is CCN(CC)S(=O)(=O)c1ccc(Cl)c(C(=O)Nc2nc3c(s2)CCCC3)c1. The van der Waals surface area contributed by atoms with Crippen LogP contribution in [0.4, 0.5) is 5.13 Å². The number of aromatic nitrogens is 1. The van der Waals surface area contributed by atoms with E-state index in [9.17, 15) is 13.2 Å². The molecule has 1 aromatic heterocycles. The highest BCUT2D eigenvalue weighted by Crippen LogP contribution is 2.30. The lowest BCUT2D eigenvalue weighted by Crippen LogP contribution is -2.30. The number of carbonyl (C=O) groups excluding carboxylic acids is 1. The van der Waals surface area contributed by atoms with Crippen molar-refractivity contribution in [1.82, 2.24) is 9.29 Å². The molecule has 0 aliphatic heterocycles. The zero-order valence-electron chi connectivity index (χ0n) is 15.3. The summed E-state index contributed by atoms with van der Waals surface area (Å²) >= 11 is 7.64. The molecule has 6 nitrogen and oxygen atoms in total. The minimum atomic E-state index is -3.67. The molecule has 0 atom stereocenters. The summed E-state index contributed by atoms with van der Waals surface area (Å²) in [6.45, 7) is 4.25. The molecule has 3 rings (SSSR count). The maximum absolute atomic E-state index is 12.7. The summed E-state index contributed by atoms with van der Waals surface area (Å²) in [4.78, 5) is 18.5. The van der Waals surface area contributed by atoms with Crippen LogP contribution in [0.3, 0.4) is 0 Å². The van der Waals surface area contributed by atoms with E-state index in [0.29, 0.717) is 18.2 Å². The lowest BCUT2D eigenvalue weighted by atomic mass is 10.0. The second-order valence-electron chi connectivity index (χ2n) is 6.28. The second kappa shape index (κ2) is 8.26. The smallest absolute Gasteiger partial charge is 0.259 e. The molecule has 0 saturated carbocycles. The van der Waals surface area contributed by atoms with Crippen molar-refractivity contribution in [1.29, 1.82) is 0 Å². The Morgan fingerprint density at radius 2 is 1.96 bits per heavy atom. The number of rotatable bonds is 6. The van der Waals surface area contributed by atoms with Gasteiger partial charge in [-0.3, -0.25) is 10.1 Å². The van der Waals surface area contributed by atoms with Gasteiger partial charge in [0.1, 0.15) is 0 Å². The van der Waals surface area contributed by atoms with E-state index in [2.05, 4.69) is 10.3 Å². The Labute approximate surface area is 168 Å². The molecule has 0 fully saturated rings. The summed E-state index contributed by atoms with van der Waals surface area (Å²) < 4.78 is 26.8. The summed E-state index contributed by atoms with van der Waals surface area (Å²) in [5.41, 5.74) is 1.17. The summed E-state index contributed by atoms with van der Waals surface area (Å²) in [7, 11) is -3.67. The third kappa shape index (κ3) is 4.18. The number of hydrogen-bond acceptors (Lipinski definition) is 5. The quantitative estimate of drug-likeness (QED) is 0.756. The molecule has 1 aliphatic rings. The summed E-state index contributed by atoms with van der Waals surface area (Å²) in [5.74, 6) is -0.456. The normalized spacial score (nSPS) is 14.2. The van der Waals surface area contributed by atoms with Crippen molar-refractivity contribution in [2.45, 2.75) is 44.4 Å². The fourth-order valence-electron chi connectivity index (χ4n) is 3.12. The van der Waals surface area contributed by atoms with E-state index in [1.807, 2.05) is 0 Å². The Morgan fingerprint density at radius 3 is 2.63 bits per heavy atom. The summed E-state index contributed by atoms with van der Waals surface area (Å²) in [5, 5.41) is 3.50. The summed E-state index contributed by atoms with van der Waals surface area (Å²) in [6.07, 6.45) is 4.17. The molecule has 1 aromatic carbocycles. The highest BCUT2D eigenvalue weighted by Gasteiger charge is 2.24. The number of carbonyl (C=O) groups is 1.